The van der Waals surface area contributed by atoms with Crippen molar-refractivity contribution >= 4 is 22.9 Å². The molecule has 0 bridgehead atoms. The molecule has 0 saturated heterocycles. The number of nitrogens with one attached hydrogen (secondary N) is 1. The van der Waals surface area contributed by atoms with Crippen molar-refractivity contribution in [3.8, 4) is 0 Å². The zero-order chi connectivity index (χ0) is 14.5. The van der Waals surface area contributed by atoms with Crippen molar-refractivity contribution in [3.63, 3.8) is 0 Å². The van der Waals surface area contributed by atoms with Crippen molar-refractivity contribution < 1.29 is 19.8 Å². The van der Waals surface area contributed by atoms with E-state index in [9.17, 15) is 9.59 Å². The molecule has 3 N–H and O–H groups in total. The number of aliphatic hydroxyl groups is 1. The number of nitrogens with zero attached hydrogens (tertiary/aromatic N) is 2. The fraction of sp³-hybridized carbons (Fsp3) is 0.231. The molecular weight excluding hydrogens is 262 g/mol. The molecule has 1 aromatic carbocycles. The average molecular weight is 275 g/mol. The van der Waals surface area contributed by atoms with Gasteiger partial charge in [0.2, 0.25) is 0 Å². The van der Waals surface area contributed by atoms with E-state index in [1.165, 1.54) is 6.20 Å². The van der Waals surface area contributed by atoms with Gasteiger partial charge in [-0.3, -0.25) is 9.78 Å². The van der Waals surface area contributed by atoms with Gasteiger partial charge in [0, 0.05) is 13.0 Å². The van der Waals surface area contributed by atoms with Crippen molar-refractivity contribution in [2.75, 3.05) is 6.61 Å². The van der Waals surface area contributed by atoms with Gasteiger partial charge in [-0.05, 0) is 12.1 Å². The zero-order valence-corrected chi connectivity index (χ0v) is 10.5. The standard InChI is InChI=1S/C13H13N3O4/c17-6-5-10(13(19)20)16-12(18)11-7-14-8-3-1-2-4-9(8)15-11/h1-4,7,10,17H,5-6H2,(H,16,18)(H,19,20)/t10-/m1/s1. The Morgan fingerprint density at radius 2 is 1.95 bits per heavy atom. The fourth-order valence-corrected chi connectivity index (χ4v) is 1.69. The molecule has 1 amide bonds. The third-order valence-corrected chi connectivity index (χ3v) is 2.70. The molecule has 0 spiro atoms. The van der Waals surface area contributed by atoms with Gasteiger partial charge in [0.15, 0.2) is 0 Å². The monoisotopic (exact) mass is 275 g/mol. The van der Waals surface area contributed by atoms with Crippen LogP contribution in [-0.2, 0) is 4.79 Å². The third kappa shape index (κ3) is 3.07. The lowest BCUT2D eigenvalue weighted by molar-refractivity contribution is -0.139. The number of fused-ring (bicyclic) bond motifs is 1. The number of amides is 1. The minimum atomic E-state index is -1.21. The van der Waals surface area contributed by atoms with Gasteiger partial charge in [-0.15, -0.1) is 0 Å². The number of hydrogen-bond acceptors (Lipinski definition) is 5. The van der Waals surface area contributed by atoms with E-state index in [1.54, 1.807) is 24.3 Å². The summed E-state index contributed by atoms with van der Waals surface area (Å²) in [5.74, 6) is -1.84. The summed E-state index contributed by atoms with van der Waals surface area (Å²) in [5.41, 5.74) is 1.23. The minimum absolute atomic E-state index is 0.0351. The van der Waals surface area contributed by atoms with Crippen LogP contribution >= 0.6 is 0 Å². The molecule has 0 fully saturated rings. The molecule has 2 aromatic rings. The Bertz CT molecular complexity index is 644. The molecule has 20 heavy (non-hydrogen) atoms. The van der Waals surface area contributed by atoms with E-state index in [-0.39, 0.29) is 18.7 Å². The highest BCUT2D eigenvalue weighted by molar-refractivity contribution is 5.96. The SMILES string of the molecule is O=C(N[C@H](CCO)C(=O)O)c1cnc2ccccc2n1. The number of aliphatic hydroxyl groups excluding tert-OH is 1. The van der Waals surface area contributed by atoms with Crippen LogP contribution in [0.4, 0.5) is 0 Å². The number of carboxylic acids is 1. The van der Waals surface area contributed by atoms with Crippen LogP contribution in [0.3, 0.4) is 0 Å². The average Bonchev–Trinajstić information content (AvgIpc) is 2.46. The lowest BCUT2D eigenvalue weighted by Crippen LogP contribution is -2.41. The van der Waals surface area contributed by atoms with Crippen LogP contribution < -0.4 is 5.32 Å². The summed E-state index contributed by atoms with van der Waals surface area (Å²) in [4.78, 5) is 31.0. The molecule has 104 valence electrons. The zero-order valence-electron chi connectivity index (χ0n) is 10.5. The number of hydrogen-bond donors (Lipinski definition) is 3. The molecule has 0 aliphatic heterocycles. The molecule has 0 radical (unpaired) electrons. The minimum Gasteiger partial charge on any atom is -0.480 e. The van der Waals surface area contributed by atoms with Crippen LogP contribution in [-0.4, -0.2) is 44.7 Å². The molecule has 0 aliphatic carbocycles. The fourth-order valence-electron chi connectivity index (χ4n) is 1.69. The number of carbonyl (C=O) groups is 2. The van der Waals surface area contributed by atoms with Gasteiger partial charge >= 0.3 is 5.97 Å². The summed E-state index contributed by atoms with van der Waals surface area (Å²) in [6.45, 7) is -0.333. The molecular formula is C13H13N3O4. The molecule has 1 heterocycles. The van der Waals surface area contributed by atoms with E-state index in [0.717, 1.165) is 0 Å². The van der Waals surface area contributed by atoms with Gasteiger partial charge in [-0.2, -0.15) is 0 Å². The van der Waals surface area contributed by atoms with Gasteiger partial charge < -0.3 is 15.5 Å². The Kier molecular flexibility index (Phi) is 4.21. The summed E-state index contributed by atoms with van der Waals surface area (Å²) >= 11 is 0. The maximum absolute atomic E-state index is 11.9. The quantitative estimate of drug-likeness (QED) is 0.718. The first-order valence-electron chi connectivity index (χ1n) is 5.98. The summed E-state index contributed by atoms with van der Waals surface area (Å²) in [6, 6.07) is 5.89. The van der Waals surface area contributed by atoms with E-state index in [4.69, 9.17) is 10.2 Å². The Hall–Kier alpha value is -2.54. The summed E-state index contributed by atoms with van der Waals surface area (Å²) in [5, 5.41) is 20.0. The first-order valence-corrected chi connectivity index (χ1v) is 5.98. The predicted molar refractivity (Wildman–Crippen MR) is 70.1 cm³/mol. The van der Waals surface area contributed by atoms with Gasteiger partial charge in [0.05, 0.1) is 17.2 Å². The van der Waals surface area contributed by atoms with E-state index in [1.807, 2.05) is 0 Å². The molecule has 2 rings (SSSR count). The molecule has 0 aliphatic rings. The van der Waals surface area contributed by atoms with Crippen LogP contribution in [0.25, 0.3) is 11.0 Å². The second-order valence-corrected chi connectivity index (χ2v) is 4.12. The Labute approximate surface area is 114 Å². The van der Waals surface area contributed by atoms with Crippen molar-refractivity contribution in [2.45, 2.75) is 12.5 Å². The number of aromatic nitrogens is 2. The Morgan fingerprint density at radius 3 is 2.60 bits per heavy atom. The lowest BCUT2D eigenvalue weighted by Gasteiger charge is -2.12. The number of aliphatic carboxylic acids is 1. The number of para-hydroxylation sites is 2. The predicted octanol–water partition coefficient (Wildman–Crippen LogP) is 0.195. The van der Waals surface area contributed by atoms with Gasteiger partial charge in [0.1, 0.15) is 11.7 Å². The molecule has 0 saturated carbocycles. The van der Waals surface area contributed by atoms with Gasteiger partial charge in [-0.25, -0.2) is 9.78 Å². The largest absolute Gasteiger partial charge is 0.480 e. The molecule has 7 heteroatoms. The second-order valence-electron chi connectivity index (χ2n) is 4.12. The van der Waals surface area contributed by atoms with Crippen molar-refractivity contribution in [2.24, 2.45) is 0 Å². The molecule has 0 unspecified atom stereocenters. The first kappa shape index (κ1) is 13.9. The highest BCUT2D eigenvalue weighted by atomic mass is 16.4. The smallest absolute Gasteiger partial charge is 0.326 e. The number of rotatable bonds is 5. The lowest BCUT2D eigenvalue weighted by atomic mass is 10.2. The van der Waals surface area contributed by atoms with E-state index >= 15 is 0 Å². The number of carboxylic acid groups (broad SMARTS) is 1. The van der Waals surface area contributed by atoms with Crippen molar-refractivity contribution in [3.05, 3.63) is 36.2 Å². The number of benzene rings is 1. The van der Waals surface area contributed by atoms with Gasteiger partial charge in [0.25, 0.3) is 5.91 Å². The van der Waals surface area contributed by atoms with E-state index in [2.05, 4.69) is 15.3 Å². The molecule has 1 atom stereocenters. The van der Waals surface area contributed by atoms with Crippen LogP contribution in [0.5, 0.6) is 0 Å². The van der Waals surface area contributed by atoms with Crippen molar-refractivity contribution in [1.82, 2.24) is 15.3 Å². The van der Waals surface area contributed by atoms with Crippen molar-refractivity contribution in [1.29, 1.82) is 0 Å². The van der Waals surface area contributed by atoms with E-state index in [0.29, 0.717) is 11.0 Å². The van der Waals surface area contributed by atoms with Crippen LogP contribution in [0.2, 0.25) is 0 Å². The van der Waals surface area contributed by atoms with Crippen LogP contribution in [0.15, 0.2) is 30.5 Å². The number of carbonyl (C=O) groups excluding carboxylic acids is 1. The molecule has 1 aromatic heterocycles. The second kappa shape index (κ2) is 6.07. The summed E-state index contributed by atoms with van der Waals surface area (Å²) in [6.07, 6.45) is 1.22. The first-order chi connectivity index (χ1) is 9.61. The molecule has 7 nitrogen and oxygen atoms in total. The maximum atomic E-state index is 11.9. The van der Waals surface area contributed by atoms with Gasteiger partial charge in [-0.1, -0.05) is 12.1 Å². The van der Waals surface area contributed by atoms with Crippen LogP contribution in [0.1, 0.15) is 16.9 Å². The Morgan fingerprint density at radius 1 is 1.25 bits per heavy atom. The summed E-state index contributed by atoms with van der Waals surface area (Å²) < 4.78 is 0. The van der Waals surface area contributed by atoms with Crippen LogP contribution in [0, 0.1) is 0 Å². The highest BCUT2D eigenvalue weighted by Gasteiger charge is 2.20. The Balaban J connectivity index is 2.20. The maximum Gasteiger partial charge on any atom is 0.326 e. The third-order valence-electron chi connectivity index (χ3n) is 2.70. The summed E-state index contributed by atoms with van der Waals surface area (Å²) in [7, 11) is 0. The highest BCUT2D eigenvalue weighted by Crippen LogP contribution is 2.08. The topological polar surface area (TPSA) is 112 Å². The van der Waals surface area contributed by atoms with E-state index < -0.39 is 17.9 Å². The normalized spacial score (nSPS) is 12.1.